The Hall–Kier alpha value is -2.11. The van der Waals surface area contributed by atoms with Crippen molar-refractivity contribution in [2.24, 2.45) is 0 Å². The summed E-state index contributed by atoms with van der Waals surface area (Å²) >= 11 is 4.29. The number of aromatic nitrogens is 3. The SMILES string of the molecule is O=S(=O)(Nc1nccs1)c1ccc(Oc2ncncc2Br)c(F)c1. The molecule has 0 radical (unpaired) electrons. The van der Waals surface area contributed by atoms with Crippen LogP contribution in [0.4, 0.5) is 9.52 Å². The van der Waals surface area contributed by atoms with Gasteiger partial charge in [-0.1, -0.05) is 0 Å². The molecule has 0 spiro atoms. The van der Waals surface area contributed by atoms with E-state index in [1.807, 2.05) is 0 Å². The van der Waals surface area contributed by atoms with Crippen LogP contribution in [0, 0.1) is 5.82 Å². The molecule has 0 unspecified atom stereocenters. The highest BCUT2D eigenvalue weighted by molar-refractivity contribution is 9.10. The lowest BCUT2D eigenvalue weighted by molar-refractivity contribution is 0.422. The van der Waals surface area contributed by atoms with Gasteiger partial charge in [-0.15, -0.1) is 11.3 Å². The molecule has 0 aliphatic rings. The maximum atomic E-state index is 14.2. The second-order valence-electron chi connectivity index (χ2n) is 4.31. The predicted molar refractivity (Wildman–Crippen MR) is 89.1 cm³/mol. The summed E-state index contributed by atoms with van der Waals surface area (Å²) in [4.78, 5) is 11.2. The van der Waals surface area contributed by atoms with Crippen molar-refractivity contribution in [2.75, 3.05) is 4.72 Å². The summed E-state index contributed by atoms with van der Waals surface area (Å²) in [6.45, 7) is 0. The van der Waals surface area contributed by atoms with Crippen LogP contribution >= 0.6 is 27.3 Å². The zero-order valence-electron chi connectivity index (χ0n) is 11.7. The Bertz CT molecular complexity index is 967. The number of anilines is 1. The molecule has 0 atom stereocenters. The molecule has 2 heterocycles. The van der Waals surface area contributed by atoms with Crippen molar-refractivity contribution in [2.45, 2.75) is 4.90 Å². The summed E-state index contributed by atoms with van der Waals surface area (Å²) in [6.07, 6.45) is 4.14. The minimum atomic E-state index is -3.94. The van der Waals surface area contributed by atoms with Crippen LogP contribution in [0.15, 0.2) is 51.7 Å². The quantitative estimate of drug-likeness (QED) is 0.666. The van der Waals surface area contributed by atoms with Crippen LogP contribution in [-0.4, -0.2) is 23.4 Å². The van der Waals surface area contributed by atoms with Gasteiger partial charge in [-0.2, -0.15) is 0 Å². The van der Waals surface area contributed by atoms with Crippen molar-refractivity contribution in [1.29, 1.82) is 0 Å². The number of nitrogens with zero attached hydrogens (tertiary/aromatic N) is 3. The Morgan fingerprint density at radius 3 is 2.79 bits per heavy atom. The first-order valence-electron chi connectivity index (χ1n) is 6.31. The van der Waals surface area contributed by atoms with E-state index in [1.54, 1.807) is 5.38 Å². The lowest BCUT2D eigenvalue weighted by Crippen LogP contribution is -2.13. The van der Waals surface area contributed by atoms with Crippen molar-refractivity contribution in [1.82, 2.24) is 15.0 Å². The first kappa shape index (κ1) is 16.7. The predicted octanol–water partition coefficient (Wildman–Crippen LogP) is 3.43. The lowest BCUT2D eigenvalue weighted by Gasteiger charge is -2.09. The first-order chi connectivity index (χ1) is 11.5. The Balaban J connectivity index is 1.86. The van der Waals surface area contributed by atoms with E-state index in [0.29, 0.717) is 4.47 Å². The number of hydrogen-bond acceptors (Lipinski definition) is 7. The van der Waals surface area contributed by atoms with Gasteiger partial charge in [-0.05, 0) is 34.1 Å². The third kappa shape index (κ3) is 3.68. The zero-order chi connectivity index (χ0) is 17.2. The average Bonchev–Trinajstić information content (AvgIpc) is 3.03. The molecule has 1 aromatic carbocycles. The van der Waals surface area contributed by atoms with Crippen LogP contribution < -0.4 is 9.46 Å². The topological polar surface area (TPSA) is 94.1 Å². The van der Waals surface area contributed by atoms with Gasteiger partial charge in [0.2, 0.25) is 5.88 Å². The van der Waals surface area contributed by atoms with Gasteiger partial charge in [0.15, 0.2) is 16.7 Å². The molecule has 0 amide bonds. The van der Waals surface area contributed by atoms with E-state index in [0.717, 1.165) is 17.4 Å². The molecule has 0 bridgehead atoms. The molecule has 24 heavy (non-hydrogen) atoms. The van der Waals surface area contributed by atoms with E-state index >= 15 is 0 Å². The number of ether oxygens (including phenoxy) is 1. The molecule has 0 aliphatic carbocycles. The number of benzene rings is 1. The molecule has 0 aliphatic heterocycles. The second kappa shape index (κ2) is 6.79. The van der Waals surface area contributed by atoms with Crippen LogP contribution in [0.2, 0.25) is 0 Å². The number of thiazole rings is 1. The fourth-order valence-corrected chi connectivity index (χ4v) is 3.76. The van der Waals surface area contributed by atoms with E-state index in [4.69, 9.17) is 4.74 Å². The highest BCUT2D eigenvalue weighted by Crippen LogP contribution is 2.29. The molecule has 3 rings (SSSR count). The van der Waals surface area contributed by atoms with Crippen LogP contribution in [0.1, 0.15) is 0 Å². The number of sulfonamides is 1. The minimum Gasteiger partial charge on any atom is -0.435 e. The van der Waals surface area contributed by atoms with E-state index in [9.17, 15) is 12.8 Å². The Labute approximate surface area is 148 Å². The van der Waals surface area contributed by atoms with E-state index in [-0.39, 0.29) is 21.7 Å². The van der Waals surface area contributed by atoms with Gasteiger partial charge in [0.25, 0.3) is 10.0 Å². The van der Waals surface area contributed by atoms with Gasteiger partial charge in [0.05, 0.1) is 9.37 Å². The number of rotatable bonds is 5. The third-order valence-electron chi connectivity index (χ3n) is 2.71. The van der Waals surface area contributed by atoms with Crippen LogP contribution in [-0.2, 0) is 10.0 Å². The lowest BCUT2D eigenvalue weighted by atomic mass is 10.3. The summed E-state index contributed by atoms with van der Waals surface area (Å²) in [5.41, 5.74) is 0. The largest absolute Gasteiger partial charge is 0.435 e. The molecular weight excluding hydrogens is 423 g/mol. The van der Waals surface area contributed by atoms with Crippen molar-refractivity contribution in [3.8, 4) is 11.6 Å². The fourth-order valence-electron chi connectivity index (χ4n) is 1.66. The average molecular weight is 431 g/mol. The van der Waals surface area contributed by atoms with Crippen molar-refractivity contribution in [3.63, 3.8) is 0 Å². The number of nitrogens with one attached hydrogen (secondary N) is 1. The maximum absolute atomic E-state index is 14.2. The van der Waals surface area contributed by atoms with Crippen molar-refractivity contribution in [3.05, 3.63) is 52.6 Å². The first-order valence-corrected chi connectivity index (χ1v) is 9.46. The van der Waals surface area contributed by atoms with Crippen LogP contribution in [0.3, 0.4) is 0 Å². The highest BCUT2D eigenvalue weighted by atomic mass is 79.9. The third-order valence-corrected chi connectivity index (χ3v) is 5.41. The Morgan fingerprint density at radius 1 is 1.29 bits per heavy atom. The summed E-state index contributed by atoms with van der Waals surface area (Å²) in [6, 6.07) is 3.30. The van der Waals surface area contributed by atoms with Gasteiger partial charge < -0.3 is 4.74 Å². The van der Waals surface area contributed by atoms with Crippen LogP contribution in [0.25, 0.3) is 0 Å². The van der Waals surface area contributed by atoms with Crippen LogP contribution in [0.5, 0.6) is 11.6 Å². The monoisotopic (exact) mass is 430 g/mol. The van der Waals surface area contributed by atoms with Gasteiger partial charge in [0.1, 0.15) is 6.33 Å². The second-order valence-corrected chi connectivity index (χ2v) is 7.74. The molecule has 7 nitrogen and oxygen atoms in total. The van der Waals surface area contributed by atoms with Gasteiger partial charge in [0, 0.05) is 17.8 Å². The van der Waals surface area contributed by atoms with E-state index in [2.05, 4.69) is 35.6 Å². The Morgan fingerprint density at radius 2 is 2.12 bits per heavy atom. The van der Waals surface area contributed by atoms with Gasteiger partial charge in [-0.3, -0.25) is 4.72 Å². The molecule has 1 N–H and O–H groups in total. The fraction of sp³-hybridized carbons (Fsp3) is 0. The van der Waals surface area contributed by atoms with E-state index < -0.39 is 15.8 Å². The molecule has 2 aromatic heterocycles. The smallest absolute Gasteiger partial charge is 0.263 e. The standard InChI is InChI=1S/C13H8BrFN4O3S2/c14-9-6-16-7-18-12(9)22-11-2-1-8(5-10(11)15)24(20,21)19-13-17-3-4-23-13/h1-7H,(H,17,19). The summed E-state index contributed by atoms with van der Waals surface area (Å²) in [5, 5.41) is 1.82. The number of halogens is 2. The minimum absolute atomic E-state index is 0.111. The molecule has 124 valence electrons. The molecule has 0 saturated carbocycles. The summed E-state index contributed by atoms with van der Waals surface area (Å²) < 4.78 is 46.6. The Kier molecular flexibility index (Phi) is 4.73. The maximum Gasteiger partial charge on any atom is 0.263 e. The molecule has 11 heteroatoms. The van der Waals surface area contributed by atoms with Gasteiger partial charge >= 0.3 is 0 Å². The van der Waals surface area contributed by atoms with Crippen molar-refractivity contribution < 1.29 is 17.5 Å². The zero-order valence-corrected chi connectivity index (χ0v) is 14.9. The molecular formula is C13H8BrFN4O3S2. The van der Waals surface area contributed by atoms with Gasteiger partial charge in [-0.25, -0.2) is 27.8 Å². The number of hydrogen-bond donors (Lipinski definition) is 1. The van der Waals surface area contributed by atoms with Crippen molar-refractivity contribution >= 4 is 42.4 Å². The molecule has 0 saturated heterocycles. The summed E-state index contributed by atoms with van der Waals surface area (Å²) in [5.74, 6) is -0.898. The highest BCUT2D eigenvalue weighted by Gasteiger charge is 2.18. The molecule has 3 aromatic rings. The molecule has 0 fully saturated rings. The normalized spacial score (nSPS) is 11.2. The summed E-state index contributed by atoms with van der Waals surface area (Å²) in [7, 11) is -3.94. The van der Waals surface area contributed by atoms with E-state index in [1.165, 1.54) is 30.9 Å².